The zero-order chi connectivity index (χ0) is 12.0. The molecular formula is C14H23NO2. The predicted octanol–water partition coefficient (Wildman–Crippen LogP) is 2.50. The van der Waals surface area contributed by atoms with E-state index in [2.05, 4.69) is 11.9 Å². The van der Waals surface area contributed by atoms with Gasteiger partial charge in [-0.05, 0) is 56.9 Å². The van der Waals surface area contributed by atoms with Gasteiger partial charge in [-0.1, -0.05) is 6.42 Å². The first-order valence-corrected chi connectivity index (χ1v) is 7.04. The van der Waals surface area contributed by atoms with Crippen LogP contribution in [0.4, 0.5) is 0 Å². The van der Waals surface area contributed by atoms with Gasteiger partial charge in [-0.2, -0.15) is 0 Å². The fourth-order valence-electron chi connectivity index (χ4n) is 4.88. The maximum Gasteiger partial charge on any atom is 0.303 e. The van der Waals surface area contributed by atoms with Crippen molar-refractivity contribution >= 4 is 5.97 Å². The lowest BCUT2D eigenvalue weighted by molar-refractivity contribution is -0.139. The molecule has 0 aromatic rings. The minimum Gasteiger partial charge on any atom is -0.481 e. The van der Waals surface area contributed by atoms with Crippen LogP contribution in [0.5, 0.6) is 0 Å². The van der Waals surface area contributed by atoms with E-state index < -0.39 is 5.97 Å². The SMILES string of the molecule is CN1C2CCC1CC1(CCCC1CC(=O)O)C2. The Bertz CT molecular complexity index is 314. The summed E-state index contributed by atoms with van der Waals surface area (Å²) in [6.07, 6.45) is 9.28. The highest BCUT2D eigenvalue weighted by molar-refractivity contribution is 5.67. The fraction of sp³-hybridized carbons (Fsp3) is 0.929. The number of piperidine rings is 1. The number of carboxylic acids is 1. The van der Waals surface area contributed by atoms with Crippen LogP contribution in [0, 0.1) is 11.3 Å². The van der Waals surface area contributed by atoms with Crippen LogP contribution in [0.15, 0.2) is 0 Å². The maximum absolute atomic E-state index is 11.0. The van der Waals surface area contributed by atoms with Crippen LogP contribution in [-0.2, 0) is 4.79 Å². The molecule has 2 heterocycles. The van der Waals surface area contributed by atoms with Gasteiger partial charge in [-0.25, -0.2) is 0 Å². The Morgan fingerprint density at radius 1 is 1.29 bits per heavy atom. The summed E-state index contributed by atoms with van der Waals surface area (Å²) in [5.41, 5.74) is 0.386. The van der Waals surface area contributed by atoms with E-state index in [0.29, 0.717) is 17.8 Å². The van der Waals surface area contributed by atoms with Gasteiger partial charge >= 0.3 is 5.97 Å². The molecule has 3 nitrogen and oxygen atoms in total. The van der Waals surface area contributed by atoms with Crippen molar-refractivity contribution in [2.75, 3.05) is 7.05 Å². The molecule has 3 aliphatic rings. The van der Waals surface area contributed by atoms with Crippen LogP contribution in [0.2, 0.25) is 0 Å². The molecule has 96 valence electrons. The summed E-state index contributed by atoms with van der Waals surface area (Å²) in [4.78, 5) is 13.6. The van der Waals surface area contributed by atoms with E-state index in [4.69, 9.17) is 5.11 Å². The molecule has 2 aliphatic heterocycles. The van der Waals surface area contributed by atoms with E-state index in [1.165, 1.54) is 38.5 Å². The zero-order valence-corrected chi connectivity index (χ0v) is 10.7. The second-order valence-corrected chi connectivity index (χ2v) is 6.51. The minimum absolute atomic E-state index is 0.386. The third kappa shape index (κ3) is 1.79. The maximum atomic E-state index is 11.0. The average Bonchev–Trinajstić information content (AvgIpc) is 2.71. The standard InChI is InChI=1S/C14H23NO2/c1-15-11-4-5-12(15)9-14(8-11)6-2-3-10(14)7-13(16)17/h10-12H,2-9H2,1H3,(H,16,17). The van der Waals surface area contributed by atoms with E-state index in [1.54, 1.807) is 0 Å². The van der Waals surface area contributed by atoms with Gasteiger partial charge in [0.1, 0.15) is 0 Å². The van der Waals surface area contributed by atoms with Crippen LogP contribution < -0.4 is 0 Å². The zero-order valence-electron chi connectivity index (χ0n) is 10.7. The van der Waals surface area contributed by atoms with Crippen LogP contribution in [-0.4, -0.2) is 35.1 Å². The van der Waals surface area contributed by atoms with Gasteiger partial charge in [0.25, 0.3) is 0 Å². The second-order valence-electron chi connectivity index (χ2n) is 6.51. The normalized spacial score (nSPS) is 45.6. The largest absolute Gasteiger partial charge is 0.481 e. The number of nitrogens with zero attached hydrogens (tertiary/aromatic N) is 1. The third-order valence-electron chi connectivity index (χ3n) is 5.78. The van der Waals surface area contributed by atoms with Crippen LogP contribution in [0.3, 0.4) is 0 Å². The first-order chi connectivity index (χ1) is 8.11. The molecule has 0 amide bonds. The van der Waals surface area contributed by atoms with E-state index in [-0.39, 0.29) is 0 Å². The number of carbonyl (C=O) groups is 1. The van der Waals surface area contributed by atoms with Crippen molar-refractivity contribution in [3.63, 3.8) is 0 Å². The minimum atomic E-state index is -0.595. The molecule has 0 aromatic carbocycles. The van der Waals surface area contributed by atoms with Gasteiger partial charge in [0.2, 0.25) is 0 Å². The van der Waals surface area contributed by atoms with Crippen molar-refractivity contribution in [3.8, 4) is 0 Å². The smallest absolute Gasteiger partial charge is 0.303 e. The Labute approximate surface area is 103 Å². The lowest BCUT2D eigenvalue weighted by Crippen LogP contribution is -2.47. The van der Waals surface area contributed by atoms with E-state index in [1.807, 2.05) is 0 Å². The summed E-state index contributed by atoms with van der Waals surface area (Å²) in [5, 5.41) is 9.08. The van der Waals surface area contributed by atoms with Crippen molar-refractivity contribution < 1.29 is 9.90 Å². The quantitative estimate of drug-likeness (QED) is 0.802. The number of aliphatic carboxylic acids is 1. The Balaban J connectivity index is 1.79. The third-order valence-corrected chi connectivity index (χ3v) is 5.78. The summed E-state index contributed by atoms with van der Waals surface area (Å²) in [6, 6.07) is 1.48. The number of fused-ring (bicyclic) bond motifs is 2. The molecule has 17 heavy (non-hydrogen) atoms. The molecule has 1 aliphatic carbocycles. The highest BCUT2D eigenvalue weighted by Gasteiger charge is 2.52. The van der Waals surface area contributed by atoms with E-state index >= 15 is 0 Å². The highest BCUT2D eigenvalue weighted by atomic mass is 16.4. The van der Waals surface area contributed by atoms with Crippen molar-refractivity contribution in [3.05, 3.63) is 0 Å². The lowest BCUT2D eigenvalue weighted by Gasteiger charge is -2.46. The Morgan fingerprint density at radius 3 is 2.53 bits per heavy atom. The molecule has 1 saturated carbocycles. The van der Waals surface area contributed by atoms with E-state index in [0.717, 1.165) is 18.5 Å². The summed E-state index contributed by atoms with van der Waals surface area (Å²) in [5.74, 6) is -0.139. The van der Waals surface area contributed by atoms with Gasteiger partial charge in [0, 0.05) is 18.5 Å². The lowest BCUT2D eigenvalue weighted by atomic mass is 9.67. The molecule has 0 aromatic heterocycles. The molecule has 3 atom stereocenters. The molecule has 2 saturated heterocycles. The molecular weight excluding hydrogens is 214 g/mol. The van der Waals surface area contributed by atoms with Gasteiger partial charge in [-0.3, -0.25) is 4.79 Å². The van der Waals surface area contributed by atoms with Gasteiger partial charge in [0.05, 0.1) is 0 Å². The second kappa shape index (κ2) is 3.98. The van der Waals surface area contributed by atoms with Crippen LogP contribution in [0.1, 0.15) is 51.4 Å². The van der Waals surface area contributed by atoms with Crippen molar-refractivity contribution in [1.82, 2.24) is 4.90 Å². The molecule has 2 bridgehead atoms. The Kier molecular flexibility index (Phi) is 2.69. The van der Waals surface area contributed by atoms with Crippen molar-refractivity contribution in [1.29, 1.82) is 0 Å². The van der Waals surface area contributed by atoms with Crippen molar-refractivity contribution in [2.45, 2.75) is 63.5 Å². The molecule has 3 rings (SSSR count). The summed E-state index contributed by atoms with van der Waals surface area (Å²) >= 11 is 0. The number of hydrogen-bond donors (Lipinski definition) is 1. The first-order valence-electron chi connectivity index (χ1n) is 7.04. The fourth-order valence-corrected chi connectivity index (χ4v) is 4.88. The van der Waals surface area contributed by atoms with Gasteiger partial charge in [-0.15, -0.1) is 0 Å². The van der Waals surface area contributed by atoms with Crippen molar-refractivity contribution in [2.24, 2.45) is 11.3 Å². The molecule has 3 fully saturated rings. The molecule has 3 unspecified atom stereocenters. The Morgan fingerprint density at radius 2 is 1.94 bits per heavy atom. The average molecular weight is 237 g/mol. The highest BCUT2D eigenvalue weighted by Crippen LogP contribution is 2.57. The number of carboxylic acid groups (broad SMARTS) is 1. The summed E-state index contributed by atoms with van der Waals surface area (Å²) in [7, 11) is 2.26. The van der Waals surface area contributed by atoms with E-state index in [9.17, 15) is 4.79 Å². The molecule has 1 spiro atoms. The first kappa shape index (κ1) is 11.5. The number of hydrogen-bond acceptors (Lipinski definition) is 2. The molecule has 0 radical (unpaired) electrons. The van der Waals surface area contributed by atoms with Gasteiger partial charge < -0.3 is 10.0 Å². The summed E-state index contributed by atoms with van der Waals surface area (Å²) in [6.45, 7) is 0. The summed E-state index contributed by atoms with van der Waals surface area (Å²) < 4.78 is 0. The molecule has 3 heteroatoms. The number of rotatable bonds is 2. The molecule has 1 N–H and O–H groups in total. The Hall–Kier alpha value is -0.570. The monoisotopic (exact) mass is 237 g/mol. The van der Waals surface area contributed by atoms with Crippen LogP contribution in [0.25, 0.3) is 0 Å². The topological polar surface area (TPSA) is 40.5 Å². The van der Waals surface area contributed by atoms with Crippen LogP contribution >= 0.6 is 0 Å². The van der Waals surface area contributed by atoms with Gasteiger partial charge in [0.15, 0.2) is 0 Å². The predicted molar refractivity (Wildman–Crippen MR) is 65.8 cm³/mol.